The lowest BCUT2D eigenvalue weighted by atomic mass is 10.3. The van der Waals surface area contributed by atoms with Gasteiger partial charge in [0.25, 0.3) is 0 Å². The summed E-state index contributed by atoms with van der Waals surface area (Å²) in [6.07, 6.45) is 1.91. The summed E-state index contributed by atoms with van der Waals surface area (Å²) in [4.78, 5) is 4.55. The maximum absolute atomic E-state index is 8.94. The van der Waals surface area contributed by atoms with Crippen LogP contribution in [0.5, 0.6) is 0 Å². The monoisotopic (exact) mass is 239 g/mol. The first-order valence-corrected chi connectivity index (χ1v) is 6.08. The maximum atomic E-state index is 8.94. The van der Waals surface area contributed by atoms with Gasteiger partial charge in [0.05, 0.1) is 16.8 Å². The molecule has 0 bridgehead atoms. The smallest absolute Gasteiger partial charge is 0.120 e. The van der Waals surface area contributed by atoms with Crippen molar-refractivity contribution < 1.29 is 0 Å². The van der Waals surface area contributed by atoms with Gasteiger partial charge in [0.1, 0.15) is 16.8 Å². The van der Waals surface area contributed by atoms with E-state index < -0.39 is 0 Å². The Morgan fingerprint density at radius 1 is 1.24 bits per heavy atom. The van der Waals surface area contributed by atoms with Gasteiger partial charge in [-0.25, -0.2) is 4.98 Å². The van der Waals surface area contributed by atoms with E-state index in [-0.39, 0.29) is 0 Å². The Labute approximate surface area is 103 Å². The van der Waals surface area contributed by atoms with Crippen molar-refractivity contribution >= 4 is 21.6 Å². The first kappa shape index (κ1) is 10.1. The summed E-state index contributed by atoms with van der Waals surface area (Å²) >= 11 is 1.67. The van der Waals surface area contributed by atoms with Crippen LogP contribution in [0, 0.1) is 11.3 Å². The maximum Gasteiger partial charge on any atom is 0.120 e. The van der Waals surface area contributed by atoms with Gasteiger partial charge in [-0.15, -0.1) is 11.3 Å². The third-order valence-electron chi connectivity index (χ3n) is 2.59. The van der Waals surface area contributed by atoms with Crippen molar-refractivity contribution in [2.45, 2.75) is 6.54 Å². The SMILES string of the molecule is N#Cc1cccn1Cc1nc2ccccc2s1. The third kappa shape index (κ3) is 1.81. The van der Waals surface area contributed by atoms with Crippen LogP contribution < -0.4 is 0 Å². The number of nitrogens with zero attached hydrogens (tertiary/aromatic N) is 3. The first-order chi connectivity index (χ1) is 8.36. The minimum atomic E-state index is 0.662. The number of para-hydroxylation sites is 1. The van der Waals surface area contributed by atoms with Crippen molar-refractivity contribution in [3.8, 4) is 6.07 Å². The molecule has 0 saturated heterocycles. The molecule has 2 aromatic heterocycles. The molecule has 82 valence electrons. The molecule has 0 aliphatic carbocycles. The molecule has 0 fully saturated rings. The van der Waals surface area contributed by atoms with E-state index in [2.05, 4.69) is 17.1 Å². The van der Waals surface area contributed by atoms with Crippen LogP contribution in [-0.2, 0) is 6.54 Å². The zero-order valence-electron chi connectivity index (χ0n) is 9.00. The van der Waals surface area contributed by atoms with Gasteiger partial charge in [-0.1, -0.05) is 12.1 Å². The molecule has 0 aliphatic rings. The fourth-order valence-electron chi connectivity index (χ4n) is 1.79. The molecule has 0 radical (unpaired) electrons. The highest BCUT2D eigenvalue weighted by Gasteiger charge is 2.05. The standard InChI is InChI=1S/C13H9N3S/c14-8-10-4-3-7-16(10)9-13-15-11-5-1-2-6-12(11)17-13/h1-7H,9H2. The lowest BCUT2D eigenvalue weighted by Crippen LogP contribution is -1.99. The summed E-state index contributed by atoms with van der Waals surface area (Å²) in [5, 5.41) is 9.96. The van der Waals surface area contributed by atoms with E-state index in [0.29, 0.717) is 12.2 Å². The summed E-state index contributed by atoms with van der Waals surface area (Å²) in [6, 6.07) is 13.9. The highest BCUT2D eigenvalue weighted by molar-refractivity contribution is 7.18. The Kier molecular flexibility index (Phi) is 2.39. The molecular formula is C13H9N3S. The fourth-order valence-corrected chi connectivity index (χ4v) is 2.75. The highest BCUT2D eigenvalue weighted by atomic mass is 32.1. The fraction of sp³-hybridized carbons (Fsp3) is 0.0769. The van der Waals surface area contributed by atoms with Crippen molar-refractivity contribution in [1.82, 2.24) is 9.55 Å². The summed E-state index contributed by atoms with van der Waals surface area (Å²) in [5.74, 6) is 0. The van der Waals surface area contributed by atoms with Crippen molar-refractivity contribution in [2.75, 3.05) is 0 Å². The average Bonchev–Trinajstić information content (AvgIpc) is 2.94. The Morgan fingerprint density at radius 2 is 2.12 bits per heavy atom. The van der Waals surface area contributed by atoms with Gasteiger partial charge >= 0.3 is 0 Å². The highest BCUT2D eigenvalue weighted by Crippen LogP contribution is 2.22. The Hall–Kier alpha value is -2.12. The number of nitriles is 1. The number of fused-ring (bicyclic) bond motifs is 1. The van der Waals surface area contributed by atoms with Gasteiger partial charge in [-0.3, -0.25) is 0 Å². The third-order valence-corrected chi connectivity index (χ3v) is 3.61. The number of hydrogen-bond donors (Lipinski definition) is 0. The quantitative estimate of drug-likeness (QED) is 0.689. The van der Waals surface area contributed by atoms with Crippen molar-refractivity contribution in [2.24, 2.45) is 0 Å². The van der Waals surface area contributed by atoms with Gasteiger partial charge in [0.15, 0.2) is 0 Å². The van der Waals surface area contributed by atoms with E-state index >= 15 is 0 Å². The molecule has 3 rings (SSSR count). The van der Waals surface area contributed by atoms with Crippen molar-refractivity contribution in [1.29, 1.82) is 5.26 Å². The van der Waals surface area contributed by atoms with Crippen molar-refractivity contribution in [3.05, 3.63) is 53.3 Å². The zero-order valence-corrected chi connectivity index (χ0v) is 9.81. The molecular weight excluding hydrogens is 230 g/mol. The number of aromatic nitrogens is 2. The van der Waals surface area contributed by atoms with E-state index in [0.717, 1.165) is 10.5 Å². The van der Waals surface area contributed by atoms with E-state index in [1.807, 2.05) is 41.1 Å². The van der Waals surface area contributed by atoms with Crippen LogP contribution in [0.2, 0.25) is 0 Å². The molecule has 0 saturated carbocycles. The topological polar surface area (TPSA) is 41.6 Å². The predicted octanol–water partition coefficient (Wildman–Crippen LogP) is 3.02. The predicted molar refractivity (Wildman–Crippen MR) is 67.9 cm³/mol. The minimum Gasteiger partial charge on any atom is -0.333 e. The van der Waals surface area contributed by atoms with Crippen LogP contribution in [0.4, 0.5) is 0 Å². The Morgan fingerprint density at radius 3 is 2.94 bits per heavy atom. The average molecular weight is 239 g/mol. The molecule has 1 aromatic carbocycles. The summed E-state index contributed by atoms with van der Waals surface area (Å²) < 4.78 is 3.10. The normalized spacial score (nSPS) is 10.5. The summed E-state index contributed by atoms with van der Waals surface area (Å²) in [5.41, 5.74) is 1.70. The first-order valence-electron chi connectivity index (χ1n) is 5.26. The van der Waals surface area contributed by atoms with Crippen molar-refractivity contribution in [3.63, 3.8) is 0 Å². The number of hydrogen-bond acceptors (Lipinski definition) is 3. The molecule has 0 atom stereocenters. The van der Waals surface area contributed by atoms with Gasteiger partial charge in [0.2, 0.25) is 0 Å². The molecule has 0 spiro atoms. The van der Waals surface area contributed by atoms with Gasteiger partial charge in [0, 0.05) is 6.20 Å². The van der Waals surface area contributed by atoms with Gasteiger partial charge in [-0.05, 0) is 24.3 Å². The van der Waals surface area contributed by atoms with Crippen LogP contribution in [0.25, 0.3) is 10.2 Å². The molecule has 4 heteroatoms. The zero-order chi connectivity index (χ0) is 11.7. The van der Waals surface area contributed by atoms with E-state index in [9.17, 15) is 0 Å². The summed E-state index contributed by atoms with van der Waals surface area (Å²) in [6.45, 7) is 0.662. The molecule has 3 nitrogen and oxygen atoms in total. The molecule has 3 aromatic rings. The molecule has 0 amide bonds. The van der Waals surface area contributed by atoms with E-state index in [4.69, 9.17) is 5.26 Å². The Balaban J connectivity index is 1.98. The second-order valence-corrected chi connectivity index (χ2v) is 4.82. The number of benzene rings is 1. The van der Waals surface area contributed by atoms with Crippen LogP contribution in [0.15, 0.2) is 42.6 Å². The largest absolute Gasteiger partial charge is 0.333 e. The van der Waals surface area contributed by atoms with Gasteiger partial charge < -0.3 is 4.57 Å². The number of thiazole rings is 1. The number of rotatable bonds is 2. The lowest BCUT2D eigenvalue weighted by Gasteiger charge is -1.99. The van der Waals surface area contributed by atoms with Crippen LogP contribution in [0.1, 0.15) is 10.7 Å². The molecule has 2 heterocycles. The van der Waals surface area contributed by atoms with E-state index in [1.54, 1.807) is 11.3 Å². The summed E-state index contributed by atoms with van der Waals surface area (Å²) in [7, 11) is 0. The van der Waals surface area contributed by atoms with E-state index in [1.165, 1.54) is 4.70 Å². The second-order valence-electron chi connectivity index (χ2n) is 3.71. The molecule has 0 unspecified atom stereocenters. The minimum absolute atomic E-state index is 0.662. The van der Waals surface area contributed by atoms with Crippen LogP contribution in [0.3, 0.4) is 0 Å². The second kappa shape index (κ2) is 4.04. The molecule has 0 aliphatic heterocycles. The molecule has 17 heavy (non-hydrogen) atoms. The van der Waals surface area contributed by atoms with Crippen LogP contribution in [-0.4, -0.2) is 9.55 Å². The lowest BCUT2D eigenvalue weighted by molar-refractivity contribution is 0.789. The van der Waals surface area contributed by atoms with Crippen LogP contribution >= 0.6 is 11.3 Å². The Bertz CT molecular complexity index is 670. The van der Waals surface area contributed by atoms with Gasteiger partial charge in [-0.2, -0.15) is 5.26 Å². The molecule has 0 N–H and O–H groups in total.